The topological polar surface area (TPSA) is 48.1 Å². The molecule has 2 aromatic carbocycles. The second kappa shape index (κ2) is 8.52. The van der Waals surface area contributed by atoms with Crippen molar-refractivity contribution in [3.8, 4) is 0 Å². The number of nitrogens with zero attached hydrogens (tertiary/aromatic N) is 1. The van der Waals surface area contributed by atoms with Gasteiger partial charge in [0, 0.05) is 24.2 Å². The summed E-state index contributed by atoms with van der Waals surface area (Å²) in [7, 11) is 0. The van der Waals surface area contributed by atoms with Crippen LogP contribution in [0.25, 0.3) is 10.9 Å². The average Bonchev–Trinajstić information content (AvgIpc) is 2.65. The highest BCUT2D eigenvalue weighted by Gasteiger charge is 2.14. The van der Waals surface area contributed by atoms with Crippen LogP contribution in [0, 0.1) is 19.7 Å². The van der Waals surface area contributed by atoms with E-state index in [1.54, 1.807) is 12.1 Å². The summed E-state index contributed by atoms with van der Waals surface area (Å²) in [6, 6.07) is 12.3. The largest absolute Gasteiger partial charge is 0.363 e. The van der Waals surface area contributed by atoms with Gasteiger partial charge in [-0.05, 0) is 85.4 Å². The summed E-state index contributed by atoms with van der Waals surface area (Å²) >= 11 is 5.50. The lowest BCUT2D eigenvalue weighted by Gasteiger charge is -2.25. The molecular weight excluding hydrogens is 373 g/mol. The fourth-order valence-electron chi connectivity index (χ4n) is 3.12. The molecule has 1 heterocycles. The molecule has 0 bridgehead atoms. The lowest BCUT2D eigenvalue weighted by atomic mass is 10.0. The molecule has 0 saturated carbocycles. The number of H-pyrrole nitrogens is 1. The SMILES string of the molecule is CCNC(=S)N(Cc1ccc(F)cc1)Cc1cc2cc(C)c(C)cc2[nH]c1=O. The van der Waals surface area contributed by atoms with Crippen molar-refractivity contribution < 1.29 is 4.39 Å². The predicted octanol–water partition coefficient (Wildman–Crippen LogP) is 4.18. The van der Waals surface area contributed by atoms with E-state index in [0.29, 0.717) is 30.3 Å². The third-order valence-corrected chi connectivity index (χ3v) is 5.20. The number of aromatic amines is 1. The second-order valence-electron chi connectivity index (χ2n) is 6.97. The molecule has 0 aliphatic rings. The minimum Gasteiger partial charge on any atom is -0.363 e. The Labute approximate surface area is 169 Å². The minimum absolute atomic E-state index is 0.126. The van der Waals surface area contributed by atoms with E-state index in [-0.39, 0.29) is 11.4 Å². The predicted molar refractivity (Wildman–Crippen MR) is 116 cm³/mol. The Hall–Kier alpha value is -2.73. The van der Waals surface area contributed by atoms with Crippen LogP contribution in [-0.2, 0) is 13.1 Å². The van der Waals surface area contributed by atoms with Crippen molar-refractivity contribution in [3.63, 3.8) is 0 Å². The van der Waals surface area contributed by atoms with Gasteiger partial charge in [-0.3, -0.25) is 4.79 Å². The molecule has 6 heteroatoms. The van der Waals surface area contributed by atoms with Gasteiger partial charge in [0.15, 0.2) is 5.11 Å². The monoisotopic (exact) mass is 397 g/mol. The van der Waals surface area contributed by atoms with E-state index >= 15 is 0 Å². The molecule has 0 fully saturated rings. The Morgan fingerprint density at radius 1 is 1.11 bits per heavy atom. The molecule has 1 aromatic heterocycles. The molecule has 0 radical (unpaired) electrons. The summed E-state index contributed by atoms with van der Waals surface area (Å²) in [6.07, 6.45) is 0. The summed E-state index contributed by atoms with van der Waals surface area (Å²) in [6.45, 7) is 7.58. The van der Waals surface area contributed by atoms with E-state index < -0.39 is 0 Å². The molecule has 0 unspecified atom stereocenters. The molecule has 146 valence electrons. The maximum Gasteiger partial charge on any atom is 0.253 e. The molecule has 0 spiro atoms. The number of rotatable bonds is 5. The lowest BCUT2D eigenvalue weighted by molar-refractivity contribution is 0.398. The highest BCUT2D eigenvalue weighted by atomic mass is 32.1. The number of fused-ring (bicyclic) bond motifs is 1. The van der Waals surface area contributed by atoms with Crippen LogP contribution in [0.2, 0.25) is 0 Å². The lowest BCUT2D eigenvalue weighted by Crippen LogP contribution is -2.39. The van der Waals surface area contributed by atoms with Crippen LogP contribution in [0.4, 0.5) is 4.39 Å². The van der Waals surface area contributed by atoms with E-state index in [9.17, 15) is 9.18 Å². The zero-order valence-corrected chi connectivity index (χ0v) is 17.1. The van der Waals surface area contributed by atoms with Crippen molar-refractivity contribution in [2.45, 2.75) is 33.9 Å². The molecule has 0 amide bonds. The third kappa shape index (κ3) is 4.57. The number of aromatic nitrogens is 1. The Bertz CT molecular complexity index is 1060. The molecule has 3 rings (SSSR count). The van der Waals surface area contributed by atoms with E-state index in [2.05, 4.69) is 23.3 Å². The number of nitrogens with one attached hydrogen (secondary N) is 2. The zero-order chi connectivity index (χ0) is 20.3. The van der Waals surface area contributed by atoms with Crippen molar-refractivity contribution in [2.24, 2.45) is 0 Å². The Morgan fingerprint density at radius 2 is 1.79 bits per heavy atom. The van der Waals surface area contributed by atoms with Crippen LogP contribution in [0.1, 0.15) is 29.2 Å². The molecular formula is C22H24FN3OS. The van der Waals surface area contributed by atoms with Gasteiger partial charge in [-0.2, -0.15) is 0 Å². The van der Waals surface area contributed by atoms with Crippen LogP contribution in [0.3, 0.4) is 0 Å². The smallest absolute Gasteiger partial charge is 0.253 e. The highest BCUT2D eigenvalue weighted by Crippen LogP contribution is 2.18. The first-order chi connectivity index (χ1) is 13.4. The Kier molecular flexibility index (Phi) is 6.09. The molecule has 2 N–H and O–H groups in total. The third-order valence-electron chi connectivity index (χ3n) is 4.80. The van der Waals surface area contributed by atoms with Gasteiger partial charge in [0.1, 0.15) is 5.82 Å². The average molecular weight is 398 g/mol. The first-order valence-corrected chi connectivity index (χ1v) is 9.68. The quantitative estimate of drug-likeness (QED) is 0.634. The van der Waals surface area contributed by atoms with E-state index in [1.165, 1.54) is 17.7 Å². The molecule has 28 heavy (non-hydrogen) atoms. The molecule has 0 aliphatic carbocycles. The van der Waals surface area contributed by atoms with Gasteiger partial charge in [-0.1, -0.05) is 12.1 Å². The number of benzene rings is 2. The van der Waals surface area contributed by atoms with Crippen LogP contribution < -0.4 is 10.9 Å². The second-order valence-corrected chi connectivity index (χ2v) is 7.35. The number of thiocarbonyl (C=S) groups is 1. The maximum absolute atomic E-state index is 13.2. The van der Waals surface area contributed by atoms with E-state index in [0.717, 1.165) is 22.0 Å². The van der Waals surface area contributed by atoms with Crippen molar-refractivity contribution in [3.05, 3.63) is 80.9 Å². The first-order valence-electron chi connectivity index (χ1n) is 9.27. The molecule has 0 atom stereocenters. The molecule has 4 nitrogen and oxygen atoms in total. The minimum atomic E-state index is -0.277. The van der Waals surface area contributed by atoms with Gasteiger partial charge in [-0.25, -0.2) is 4.39 Å². The van der Waals surface area contributed by atoms with Gasteiger partial charge in [-0.15, -0.1) is 0 Å². The van der Waals surface area contributed by atoms with Gasteiger partial charge in [0.2, 0.25) is 0 Å². The maximum atomic E-state index is 13.2. The van der Waals surface area contributed by atoms with Crippen LogP contribution >= 0.6 is 12.2 Å². The number of halogens is 1. The number of pyridine rings is 1. The molecule has 0 aliphatic heterocycles. The van der Waals surface area contributed by atoms with Gasteiger partial charge in [0.05, 0.1) is 6.54 Å². The Balaban J connectivity index is 1.93. The van der Waals surface area contributed by atoms with Crippen molar-refractivity contribution in [2.75, 3.05) is 6.54 Å². The molecule has 0 saturated heterocycles. The summed E-state index contributed by atoms with van der Waals surface area (Å²) in [5.74, 6) is -0.277. The Morgan fingerprint density at radius 3 is 2.46 bits per heavy atom. The number of aryl methyl sites for hydroxylation is 2. The van der Waals surface area contributed by atoms with Crippen molar-refractivity contribution >= 4 is 28.2 Å². The van der Waals surface area contributed by atoms with Gasteiger partial charge < -0.3 is 15.2 Å². The highest BCUT2D eigenvalue weighted by molar-refractivity contribution is 7.80. The van der Waals surface area contributed by atoms with E-state index in [1.807, 2.05) is 30.9 Å². The van der Waals surface area contributed by atoms with Gasteiger partial charge >= 0.3 is 0 Å². The zero-order valence-electron chi connectivity index (χ0n) is 16.3. The van der Waals surface area contributed by atoms with Crippen LogP contribution in [0.15, 0.2) is 47.3 Å². The fourth-order valence-corrected chi connectivity index (χ4v) is 3.39. The number of hydrogen-bond donors (Lipinski definition) is 2. The normalized spacial score (nSPS) is 10.9. The standard InChI is InChI=1S/C22H24FN3OS/c1-4-24-22(28)26(12-16-5-7-19(23)8-6-16)13-18-11-17-9-14(2)15(3)10-20(17)25-21(18)27/h5-11H,4,12-13H2,1-3H3,(H,24,28)(H,25,27). The van der Waals surface area contributed by atoms with Crippen molar-refractivity contribution in [1.82, 2.24) is 15.2 Å². The summed E-state index contributed by atoms with van der Waals surface area (Å²) in [5.41, 5.74) is 4.58. The number of hydrogen-bond acceptors (Lipinski definition) is 2. The fraction of sp³-hybridized carbons (Fsp3) is 0.273. The summed E-state index contributed by atoms with van der Waals surface area (Å²) in [4.78, 5) is 17.5. The van der Waals surface area contributed by atoms with Gasteiger partial charge in [0.25, 0.3) is 5.56 Å². The van der Waals surface area contributed by atoms with Crippen LogP contribution in [0.5, 0.6) is 0 Å². The van der Waals surface area contributed by atoms with Crippen molar-refractivity contribution in [1.29, 1.82) is 0 Å². The van der Waals surface area contributed by atoms with E-state index in [4.69, 9.17) is 12.2 Å². The summed E-state index contributed by atoms with van der Waals surface area (Å²) < 4.78 is 13.2. The first kappa shape index (κ1) is 20.0. The molecule has 3 aromatic rings. The summed E-state index contributed by atoms with van der Waals surface area (Å²) in [5, 5.41) is 4.70. The van der Waals surface area contributed by atoms with Crippen LogP contribution in [-0.4, -0.2) is 21.5 Å².